The summed E-state index contributed by atoms with van der Waals surface area (Å²) >= 11 is 0. The fourth-order valence-electron chi connectivity index (χ4n) is 1.23. The van der Waals surface area contributed by atoms with Crippen molar-refractivity contribution in [2.75, 3.05) is 14.2 Å². The predicted octanol–water partition coefficient (Wildman–Crippen LogP) is 2.28. The van der Waals surface area contributed by atoms with Gasteiger partial charge < -0.3 is 0 Å². The van der Waals surface area contributed by atoms with E-state index in [2.05, 4.69) is 19.1 Å². The molecule has 86 valence electrons. The van der Waals surface area contributed by atoms with E-state index in [1.165, 1.54) is 23.8 Å². The molecule has 0 saturated carbocycles. The molecule has 0 aliphatic carbocycles. The average Bonchev–Trinajstić information content (AvgIpc) is 2.35. The Labute approximate surface area is 96.3 Å². The van der Waals surface area contributed by atoms with Crippen LogP contribution in [0.5, 0.6) is 0 Å². The van der Waals surface area contributed by atoms with E-state index in [0.29, 0.717) is 0 Å². The van der Waals surface area contributed by atoms with Gasteiger partial charge in [0.25, 0.3) is 5.91 Å². The first-order valence-corrected chi connectivity index (χ1v) is 5.26. The minimum atomic E-state index is -0.179. The zero-order valence-corrected chi connectivity index (χ0v) is 9.93. The number of hydroxylamine groups is 2. The van der Waals surface area contributed by atoms with Crippen LogP contribution in [-0.2, 0) is 16.1 Å². The van der Waals surface area contributed by atoms with E-state index in [0.717, 1.165) is 12.0 Å². The second kappa shape index (κ2) is 6.08. The maximum absolute atomic E-state index is 11.4. The van der Waals surface area contributed by atoms with Crippen molar-refractivity contribution in [2.45, 2.75) is 13.3 Å². The van der Waals surface area contributed by atoms with E-state index < -0.39 is 0 Å². The number of amides is 1. The molecule has 3 heteroatoms. The van der Waals surface area contributed by atoms with Crippen LogP contribution in [0, 0.1) is 0 Å². The van der Waals surface area contributed by atoms with Gasteiger partial charge in [0, 0.05) is 13.1 Å². The van der Waals surface area contributed by atoms with E-state index in [4.69, 9.17) is 4.84 Å². The van der Waals surface area contributed by atoms with Gasteiger partial charge in [-0.25, -0.2) is 5.06 Å². The van der Waals surface area contributed by atoms with Gasteiger partial charge in [0.15, 0.2) is 0 Å². The van der Waals surface area contributed by atoms with Gasteiger partial charge in [0.1, 0.15) is 0 Å². The van der Waals surface area contributed by atoms with Crippen LogP contribution in [0.4, 0.5) is 0 Å². The van der Waals surface area contributed by atoms with Crippen LogP contribution >= 0.6 is 0 Å². The standard InChI is InChI=1S/C13H17NO2/c1-4-11-5-7-12(8-6-11)9-10-13(15)14(2)16-3/h5-10H,4H2,1-3H3. The van der Waals surface area contributed by atoms with Crippen LogP contribution in [0.3, 0.4) is 0 Å². The number of hydrogen-bond donors (Lipinski definition) is 0. The summed E-state index contributed by atoms with van der Waals surface area (Å²) in [6.45, 7) is 2.11. The molecule has 0 bridgehead atoms. The Morgan fingerprint density at radius 1 is 1.38 bits per heavy atom. The smallest absolute Gasteiger partial charge is 0.269 e. The summed E-state index contributed by atoms with van der Waals surface area (Å²) in [7, 11) is 3.04. The fourth-order valence-corrected chi connectivity index (χ4v) is 1.23. The summed E-state index contributed by atoms with van der Waals surface area (Å²) in [6, 6.07) is 8.11. The van der Waals surface area contributed by atoms with Gasteiger partial charge in [-0.05, 0) is 23.6 Å². The molecule has 0 spiro atoms. The third-order valence-electron chi connectivity index (χ3n) is 2.39. The van der Waals surface area contributed by atoms with Crippen LogP contribution < -0.4 is 0 Å². The second-order valence-corrected chi connectivity index (χ2v) is 3.45. The lowest BCUT2D eigenvalue weighted by atomic mass is 10.1. The molecule has 3 nitrogen and oxygen atoms in total. The molecule has 0 aromatic heterocycles. The third kappa shape index (κ3) is 3.51. The first kappa shape index (κ1) is 12.5. The normalized spacial score (nSPS) is 10.7. The van der Waals surface area contributed by atoms with Crippen molar-refractivity contribution in [2.24, 2.45) is 0 Å². The zero-order chi connectivity index (χ0) is 12.0. The van der Waals surface area contributed by atoms with Crippen LogP contribution in [-0.4, -0.2) is 25.1 Å². The number of aryl methyl sites for hydroxylation is 1. The van der Waals surface area contributed by atoms with E-state index >= 15 is 0 Å². The van der Waals surface area contributed by atoms with Gasteiger partial charge in [0.2, 0.25) is 0 Å². The Morgan fingerprint density at radius 3 is 2.50 bits per heavy atom. The van der Waals surface area contributed by atoms with Gasteiger partial charge in [-0.2, -0.15) is 0 Å². The van der Waals surface area contributed by atoms with Gasteiger partial charge in [-0.3, -0.25) is 9.63 Å². The molecule has 0 heterocycles. The Kier molecular flexibility index (Phi) is 4.73. The highest BCUT2D eigenvalue weighted by Gasteiger charge is 2.01. The number of nitrogens with zero attached hydrogens (tertiary/aromatic N) is 1. The third-order valence-corrected chi connectivity index (χ3v) is 2.39. The molecular formula is C13H17NO2. The molecule has 1 rings (SSSR count). The van der Waals surface area contributed by atoms with Gasteiger partial charge >= 0.3 is 0 Å². The number of hydrogen-bond acceptors (Lipinski definition) is 2. The minimum absolute atomic E-state index is 0.179. The highest BCUT2D eigenvalue weighted by Crippen LogP contribution is 2.06. The lowest BCUT2D eigenvalue weighted by Crippen LogP contribution is -2.22. The van der Waals surface area contributed by atoms with Crippen molar-refractivity contribution in [1.29, 1.82) is 0 Å². The number of carbonyl (C=O) groups is 1. The summed E-state index contributed by atoms with van der Waals surface area (Å²) < 4.78 is 0. The summed E-state index contributed by atoms with van der Waals surface area (Å²) in [5.74, 6) is -0.179. The quantitative estimate of drug-likeness (QED) is 0.574. The van der Waals surface area contributed by atoms with Crippen molar-refractivity contribution in [3.8, 4) is 0 Å². The van der Waals surface area contributed by atoms with E-state index in [9.17, 15) is 4.79 Å². The average molecular weight is 219 g/mol. The summed E-state index contributed by atoms with van der Waals surface area (Å²) in [4.78, 5) is 16.2. The first-order chi connectivity index (χ1) is 7.67. The second-order valence-electron chi connectivity index (χ2n) is 3.45. The largest absolute Gasteiger partial charge is 0.274 e. The molecule has 0 fully saturated rings. The van der Waals surface area contributed by atoms with Crippen molar-refractivity contribution in [3.05, 3.63) is 41.5 Å². The van der Waals surface area contributed by atoms with Crippen LogP contribution in [0.15, 0.2) is 30.3 Å². The predicted molar refractivity (Wildman–Crippen MR) is 64.6 cm³/mol. The zero-order valence-electron chi connectivity index (χ0n) is 9.93. The number of carbonyl (C=O) groups excluding carboxylic acids is 1. The number of benzene rings is 1. The topological polar surface area (TPSA) is 29.5 Å². The monoisotopic (exact) mass is 219 g/mol. The Morgan fingerprint density at radius 2 is 2.00 bits per heavy atom. The first-order valence-electron chi connectivity index (χ1n) is 5.26. The van der Waals surface area contributed by atoms with E-state index in [-0.39, 0.29) is 5.91 Å². The lowest BCUT2D eigenvalue weighted by molar-refractivity contribution is -0.162. The highest BCUT2D eigenvalue weighted by molar-refractivity contribution is 5.90. The Balaban J connectivity index is 2.65. The molecule has 16 heavy (non-hydrogen) atoms. The molecule has 0 saturated heterocycles. The molecule has 0 radical (unpaired) electrons. The summed E-state index contributed by atoms with van der Waals surface area (Å²) in [5.41, 5.74) is 2.30. The van der Waals surface area contributed by atoms with Gasteiger partial charge in [-0.1, -0.05) is 31.2 Å². The van der Waals surface area contributed by atoms with Crippen LogP contribution in [0.1, 0.15) is 18.1 Å². The summed E-state index contributed by atoms with van der Waals surface area (Å²) in [6.07, 6.45) is 4.29. The van der Waals surface area contributed by atoms with Crippen molar-refractivity contribution in [1.82, 2.24) is 5.06 Å². The van der Waals surface area contributed by atoms with Gasteiger partial charge in [-0.15, -0.1) is 0 Å². The molecule has 0 aliphatic heterocycles. The van der Waals surface area contributed by atoms with Crippen molar-refractivity contribution < 1.29 is 9.63 Å². The molecule has 0 atom stereocenters. The molecular weight excluding hydrogens is 202 g/mol. The van der Waals surface area contributed by atoms with E-state index in [1.54, 1.807) is 13.1 Å². The van der Waals surface area contributed by atoms with Gasteiger partial charge in [0.05, 0.1) is 7.11 Å². The number of likely N-dealkylation sites (N-methyl/N-ethyl adjacent to an activating group) is 1. The minimum Gasteiger partial charge on any atom is -0.274 e. The maximum Gasteiger partial charge on any atom is 0.269 e. The Bertz CT molecular complexity index is 368. The van der Waals surface area contributed by atoms with E-state index in [1.807, 2.05) is 12.1 Å². The highest BCUT2D eigenvalue weighted by atomic mass is 16.7. The Hall–Kier alpha value is -1.61. The fraction of sp³-hybridized carbons (Fsp3) is 0.308. The van der Waals surface area contributed by atoms with Crippen molar-refractivity contribution >= 4 is 12.0 Å². The molecule has 0 unspecified atom stereocenters. The molecule has 1 aromatic rings. The molecule has 0 N–H and O–H groups in total. The maximum atomic E-state index is 11.4. The van der Waals surface area contributed by atoms with Crippen LogP contribution in [0.25, 0.3) is 6.08 Å². The molecule has 1 aromatic carbocycles. The lowest BCUT2D eigenvalue weighted by Gasteiger charge is -2.09. The van der Waals surface area contributed by atoms with Crippen molar-refractivity contribution in [3.63, 3.8) is 0 Å². The van der Waals surface area contributed by atoms with Crippen LogP contribution in [0.2, 0.25) is 0 Å². The number of rotatable bonds is 4. The SMILES string of the molecule is CCc1ccc(C=CC(=O)N(C)OC)cc1. The summed E-state index contributed by atoms with van der Waals surface area (Å²) in [5, 5.41) is 1.18. The molecule has 1 amide bonds. The molecule has 0 aliphatic rings.